The van der Waals surface area contributed by atoms with E-state index in [0.717, 1.165) is 36.8 Å². The average molecular weight is 413 g/mol. The van der Waals surface area contributed by atoms with Crippen LogP contribution in [0.2, 0.25) is 0 Å². The summed E-state index contributed by atoms with van der Waals surface area (Å²) in [4.78, 5) is 19.0. The fourth-order valence-corrected chi connectivity index (χ4v) is 7.40. The van der Waals surface area contributed by atoms with E-state index in [9.17, 15) is 13.2 Å². The van der Waals surface area contributed by atoms with Crippen LogP contribution in [-0.2, 0) is 27.6 Å². The van der Waals surface area contributed by atoms with Crippen molar-refractivity contribution in [3.05, 3.63) is 66.0 Å². The predicted molar refractivity (Wildman–Crippen MR) is 113 cm³/mol. The standard InChI is InChI=1S/C23H28N2O3S/c26-22-16-23(11-5-4-10-21(23)15-19-7-2-1-3-8-19)29(27,28)14-13-25(22)18-20-9-6-12-24-17-20/h1-3,6-9,12,17,21H,4-5,10-11,13-16,18H2. The second-order valence-electron chi connectivity index (χ2n) is 8.37. The Morgan fingerprint density at radius 1 is 1.07 bits per heavy atom. The summed E-state index contributed by atoms with van der Waals surface area (Å²) in [5.74, 6) is -0.00886. The largest absolute Gasteiger partial charge is 0.337 e. The van der Waals surface area contributed by atoms with Crippen molar-refractivity contribution in [1.29, 1.82) is 0 Å². The van der Waals surface area contributed by atoms with Crippen molar-refractivity contribution in [3.63, 3.8) is 0 Å². The number of hydrogen-bond donors (Lipinski definition) is 0. The molecule has 1 aliphatic carbocycles. The molecular formula is C23H28N2O3S. The summed E-state index contributed by atoms with van der Waals surface area (Å²) in [6.45, 7) is 0.678. The zero-order valence-corrected chi connectivity index (χ0v) is 17.5. The Labute approximate surface area is 173 Å². The number of amides is 1. The zero-order chi connectivity index (χ0) is 20.3. The fraction of sp³-hybridized carbons (Fsp3) is 0.478. The van der Waals surface area contributed by atoms with E-state index in [1.165, 1.54) is 0 Å². The summed E-state index contributed by atoms with van der Waals surface area (Å²) in [5, 5.41) is 0. The Bertz CT molecular complexity index is 947. The van der Waals surface area contributed by atoms with Crippen molar-refractivity contribution < 1.29 is 13.2 Å². The number of nitrogens with zero attached hydrogens (tertiary/aromatic N) is 2. The quantitative estimate of drug-likeness (QED) is 0.772. The lowest BCUT2D eigenvalue weighted by Gasteiger charge is -2.42. The van der Waals surface area contributed by atoms with Gasteiger partial charge in [-0.1, -0.05) is 49.2 Å². The van der Waals surface area contributed by atoms with Gasteiger partial charge in [0.1, 0.15) is 0 Å². The highest BCUT2D eigenvalue weighted by atomic mass is 32.2. The predicted octanol–water partition coefficient (Wildman–Crippen LogP) is 3.40. The van der Waals surface area contributed by atoms with Crippen LogP contribution < -0.4 is 0 Å². The maximum absolute atomic E-state index is 13.5. The molecule has 154 valence electrons. The third-order valence-electron chi connectivity index (χ3n) is 6.62. The normalized spacial score (nSPS) is 27.0. The van der Waals surface area contributed by atoms with Crippen molar-refractivity contribution in [1.82, 2.24) is 9.88 Å². The average Bonchev–Trinajstić information content (AvgIpc) is 2.82. The Hall–Kier alpha value is -2.21. The van der Waals surface area contributed by atoms with Gasteiger partial charge in [-0.3, -0.25) is 9.78 Å². The number of sulfone groups is 1. The molecule has 29 heavy (non-hydrogen) atoms. The molecule has 2 atom stereocenters. The monoisotopic (exact) mass is 412 g/mol. The van der Waals surface area contributed by atoms with Crippen LogP contribution in [0.25, 0.3) is 0 Å². The van der Waals surface area contributed by atoms with E-state index in [4.69, 9.17) is 0 Å². The summed E-state index contributed by atoms with van der Waals surface area (Å²) in [6, 6.07) is 13.8. The molecule has 1 aromatic heterocycles. The fourth-order valence-electron chi connectivity index (χ4n) is 5.03. The molecular weight excluding hydrogens is 384 g/mol. The van der Waals surface area contributed by atoms with Gasteiger partial charge in [0.25, 0.3) is 0 Å². The van der Waals surface area contributed by atoms with Crippen LogP contribution in [0.3, 0.4) is 0 Å². The molecule has 2 aromatic rings. The highest BCUT2D eigenvalue weighted by Crippen LogP contribution is 2.46. The SMILES string of the molecule is O=C1CC2(CCCCC2Cc2ccccc2)S(=O)(=O)CCN1Cc1cccnc1. The van der Waals surface area contributed by atoms with Crippen LogP contribution in [0.1, 0.15) is 43.2 Å². The molecule has 1 saturated carbocycles. The van der Waals surface area contributed by atoms with Crippen LogP contribution >= 0.6 is 0 Å². The van der Waals surface area contributed by atoms with E-state index in [1.807, 2.05) is 30.3 Å². The number of hydrogen-bond acceptors (Lipinski definition) is 4. The summed E-state index contributed by atoms with van der Waals surface area (Å²) in [5.41, 5.74) is 2.08. The summed E-state index contributed by atoms with van der Waals surface area (Å²) < 4.78 is 26.1. The van der Waals surface area contributed by atoms with Crippen molar-refractivity contribution in [2.45, 2.75) is 49.8 Å². The van der Waals surface area contributed by atoms with E-state index < -0.39 is 14.6 Å². The van der Waals surface area contributed by atoms with Gasteiger partial charge in [0.05, 0.1) is 10.5 Å². The molecule has 0 bridgehead atoms. The third kappa shape index (κ3) is 4.08. The highest BCUT2D eigenvalue weighted by Gasteiger charge is 2.53. The second-order valence-corrected chi connectivity index (χ2v) is 10.8. The molecule has 0 N–H and O–H groups in total. The molecule has 1 amide bonds. The van der Waals surface area contributed by atoms with E-state index in [0.29, 0.717) is 13.0 Å². The molecule has 2 fully saturated rings. The maximum atomic E-state index is 13.5. The molecule has 5 nitrogen and oxygen atoms in total. The van der Waals surface area contributed by atoms with E-state index in [1.54, 1.807) is 17.3 Å². The first-order valence-corrected chi connectivity index (χ1v) is 12.1. The van der Waals surface area contributed by atoms with E-state index in [2.05, 4.69) is 17.1 Å². The van der Waals surface area contributed by atoms with Crippen LogP contribution in [-0.4, -0.2) is 41.3 Å². The maximum Gasteiger partial charge on any atom is 0.224 e. The van der Waals surface area contributed by atoms with Gasteiger partial charge in [-0.15, -0.1) is 0 Å². The summed E-state index contributed by atoms with van der Waals surface area (Å²) in [7, 11) is -3.39. The summed E-state index contributed by atoms with van der Waals surface area (Å²) >= 11 is 0. The lowest BCUT2D eigenvalue weighted by molar-refractivity contribution is -0.132. The minimum atomic E-state index is -3.39. The van der Waals surface area contributed by atoms with Crippen molar-refractivity contribution in [2.24, 2.45) is 5.92 Å². The molecule has 4 rings (SSSR count). The van der Waals surface area contributed by atoms with Gasteiger partial charge in [-0.25, -0.2) is 8.42 Å². The third-order valence-corrected chi connectivity index (χ3v) is 9.26. The van der Waals surface area contributed by atoms with Gasteiger partial charge >= 0.3 is 0 Å². The topological polar surface area (TPSA) is 67.3 Å². The number of benzene rings is 1. The van der Waals surface area contributed by atoms with Gasteiger partial charge in [0, 0.05) is 31.9 Å². The van der Waals surface area contributed by atoms with Crippen molar-refractivity contribution in [3.8, 4) is 0 Å². The molecule has 1 spiro atoms. The molecule has 0 radical (unpaired) electrons. The lowest BCUT2D eigenvalue weighted by Crippen LogP contribution is -2.50. The van der Waals surface area contributed by atoms with Gasteiger partial charge in [-0.2, -0.15) is 0 Å². The molecule has 2 aliphatic rings. The number of carbonyl (C=O) groups excluding carboxylic acids is 1. The summed E-state index contributed by atoms with van der Waals surface area (Å²) in [6.07, 6.45) is 7.62. The Morgan fingerprint density at radius 2 is 1.86 bits per heavy atom. The molecule has 1 aromatic carbocycles. The van der Waals surface area contributed by atoms with Crippen LogP contribution in [0.4, 0.5) is 0 Å². The highest BCUT2D eigenvalue weighted by molar-refractivity contribution is 7.92. The molecule has 2 heterocycles. The first-order chi connectivity index (χ1) is 14.0. The Balaban J connectivity index is 1.62. The van der Waals surface area contributed by atoms with Crippen molar-refractivity contribution in [2.75, 3.05) is 12.3 Å². The second kappa shape index (κ2) is 8.27. The molecule has 2 unspecified atom stereocenters. The van der Waals surface area contributed by atoms with Crippen LogP contribution in [0, 0.1) is 5.92 Å². The molecule has 1 saturated heterocycles. The van der Waals surface area contributed by atoms with E-state index >= 15 is 0 Å². The number of rotatable bonds is 4. The number of pyridine rings is 1. The van der Waals surface area contributed by atoms with Crippen LogP contribution in [0.5, 0.6) is 0 Å². The minimum absolute atomic E-state index is 0.00839. The minimum Gasteiger partial charge on any atom is -0.337 e. The number of carbonyl (C=O) groups is 1. The first kappa shape index (κ1) is 20.1. The van der Waals surface area contributed by atoms with Crippen molar-refractivity contribution >= 4 is 15.7 Å². The Morgan fingerprint density at radius 3 is 2.62 bits per heavy atom. The first-order valence-electron chi connectivity index (χ1n) is 10.4. The molecule has 6 heteroatoms. The van der Waals surface area contributed by atoms with Gasteiger partial charge < -0.3 is 4.90 Å². The zero-order valence-electron chi connectivity index (χ0n) is 16.7. The molecule has 1 aliphatic heterocycles. The van der Waals surface area contributed by atoms with Gasteiger partial charge in [0.2, 0.25) is 5.91 Å². The van der Waals surface area contributed by atoms with Gasteiger partial charge in [-0.05, 0) is 42.4 Å². The smallest absolute Gasteiger partial charge is 0.224 e. The lowest BCUT2D eigenvalue weighted by atomic mass is 9.73. The van der Waals surface area contributed by atoms with E-state index in [-0.39, 0.29) is 30.5 Å². The van der Waals surface area contributed by atoms with Crippen LogP contribution in [0.15, 0.2) is 54.9 Å². The number of aromatic nitrogens is 1. The Kier molecular flexibility index (Phi) is 5.72. The van der Waals surface area contributed by atoms with Gasteiger partial charge in [0.15, 0.2) is 9.84 Å².